The summed E-state index contributed by atoms with van der Waals surface area (Å²) in [5.74, 6) is -0.790. The van der Waals surface area contributed by atoms with Gasteiger partial charge < -0.3 is 19.9 Å². The number of rotatable bonds is 11. The maximum absolute atomic E-state index is 13.0. The van der Waals surface area contributed by atoms with Gasteiger partial charge in [0.15, 0.2) is 17.7 Å². The van der Waals surface area contributed by atoms with Crippen molar-refractivity contribution in [3.63, 3.8) is 0 Å². The Balaban J connectivity index is 1.74. The van der Waals surface area contributed by atoms with E-state index in [2.05, 4.69) is 15.6 Å². The number of ketones is 1. The molecule has 0 saturated carbocycles. The van der Waals surface area contributed by atoms with Crippen LogP contribution in [-0.4, -0.2) is 52.5 Å². The fourth-order valence-electron chi connectivity index (χ4n) is 3.94. The number of hydrogen-bond donors (Lipinski definition) is 2. The van der Waals surface area contributed by atoms with Gasteiger partial charge in [0.05, 0.1) is 10.7 Å². The number of aromatic nitrogens is 2. The van der Waals surface area contributed by atoms with Crippen LogP contribution in [-0.2, 0) is 17.8 Å². The Kier molecular flexibility index (Phi) is 9.97. The molecule has 0 unspecified atom stereocenters. The number of nitrogens with one attached hydrogen (secondary N) is 2. The van der Waals surface area contributed by atoms with Gasteiger partial charge in [-0.15, -0.1) is 0 Å². The lowest BCUT2D eigenvalue weighted by Crippen LogP contribution is -2.40. The molecule has 1 heterocycles. The molecule has 1 aromatic heterocycles. The molecule has 40 heavy (non-hydrogen) atoms. The molecule has 0 saturated heterocycles. The van der Waals surface area contributed by atoms with E-state index in [1.54, 1.807) is 4.57 Å². The van der Waals surface area contributed by atoms with Gasteiger partial charge >= 0.3 is 6.18 Å². The van der Waals surface area contributed by atoms with E-state index in [1.807, 2.05) is 37.4 Å². The van der Waals surface area contributed by atoms with Crippen molar-refractivity contribution in [3.8, 4) is 17.0 Å². The summed E-state index contributed by atoms with van der Waals surface area (Å²) in [6, 6.07) is 10.5. The molecular weight excluding hydrogens is 549 g/mol. The summed E-state index contributed by atoms with van der Waals surface area (Å²) < 4.78 is 45.1. The van der Waals surface area contributed by atoms with Crippen LogP contribution in [0.3, 0.4) is 0 Å². The number of ether oxygens (including phenoxy) is 1. The zero-order valence-corrected chi connectivity index (χ0v) is 23.2. The molecule has 2 aromatic carbocycles. The summed E-state index contributed by atoms with van der Waals surface area (Å²) in [5, 5.41) is 5.19. The molecule has 3 rings (SSSR count). The van der Waals surface area contributed by atoms with Gasteiger partial charge in [-0.3, -0.25) is 14.4 Å². The molecule has 2 atom stereocenters. The van der Waals surface area contributed by atoms with Crippen LogP contribution in [0.2, 0.25) is 5.02 Å². The predicted octanol–water partition coefficient (Wildman–Crippen LogP) is 5.23. The lowest BCUT2D eigenvalue weighted by atomic mass is 10.0. The number of amides is 2. The van der Waals surface area contributed by atoms with Crippen molar-refractivity contribution in [2.75, 3.05) is 7.05 Å². The number of nitrogens with zero attached hydrogens (tertiary/aromatic N) is 2. The van der Waals surface area contributed by atoms with E-state index < -0.39 is 24.2 Å². The SMILES string of the molecule is CCn1cc(-c2ccc(C[C@@H](CC(=O)NC)NC(=O)c3ccc(O[C@H](C)C(F)(F)F)c(Cl)c3)cc2)nc1C(C)=O. The van der Waals surface area contributed by atoms with Crippen LogP contribution in [0.25, 0.3) is 11.3 Å². The summed E-state index contributed by atoms with van der Waals surface area (Å²) in [7, 11) is 1.49. The van der Waals surface area contributed by atoms with Crippen LogP contribution >= 0.6 is 11.6 Å². The van der Waals surface area contributed by atoms with Gasteiger partial charge in [0.2, 0.25) is 5.91 Å². The topological polar surface area (TPSA) is 102 Å². The highest BCUT2D eigenvalue weighted by atomic mass is 35.5. The standard InChI is InChI=1S/C28H30ClF3N4O4/c1-5-36-15-23(35-26(36)16(2)37)19-8-6-18(7-9-19)12-21(14-25(38)33-4)34-27(39)20-10-11-24(22(29)13-20)40-17(3)28(30,31)32/h6-11,13,15,17,21H,5,12,14H2,1-4H3,(H,33,38)(H,34,39)/t17-,21+/m1/s1. The van der Waals surface area contributed by atoms with Gasteiger partial charge in [-0.2, -0.15) is 13.2 Å². The van der Waals surface area contributed by atoms with Crippen molar-refractivity contribution in [1.29, 1.82) is 0 Å². The summed E-state index contributed by atoms with van der Waals surface area (Å²) in [4.78, 5) is 41.4. The molecule has 8 nitrogen and oxygen atoms in total. The Morgan fingerprint density at radius 1 is 1.12 bits per heavy atom. The normalized spacial score (nSPS) is 12.9. The van der Waals surface area contributed by atoms with Gasteiger partial charge in [0.25, 0.3) is 5.91 Å². The second-order valence-corrected chi connectivity index (χ2v) is 9.59. The lowest BCUT2D eigenvalue weighted by Gasteiger charge is -2.20. The lowest BCUT2D eigenvalue weighted by molar-refractivity contribution is -0.189. The summed E-state index contributed by atoms with van der Waals surface area (Å²) in [6.07, 6.45) is -4.53. The first kappa shape index (κ1) is 30.7. The average Bonchev–Trinajstić information content (AvgIpc) is 3.34. The largest absolute Gasteiger partial charge is 0.480 e. The van der Waals surface area contributed by atoms with Crippen molar-refractivity contribution in [2.45, 2.75) is 58.5 Å². The van der Waals surface area contributed by atoms with E-state index in [1.165, 1.54) is 32.2 Å². The highest BCUT2D eigenvalue weighted by molar-refractivity contribution is 6.32. The molecule has 0 aliphatic heterocycles. The minimum atomic E-state index is -4.57. The highest BCUT2D eigenvalue weighted by Crippen LogP contribution is 2.31. The Bertz CT molecular complexity index is 1370. The maximum atomic E-state index is 13.0. The first-order chi connectivity index (χ1) is 18.8. The predicted molar refractivity (Wildman–Crippen MR) is 145 cm³/mol. The van der Waals surface area contributed by atoms with Crippen LogP contribution in [0.5, 0.6) is 5.75 Å². The summed E-state index contributed by atoms with van der Waals surface area (Å²) in [6.45, 7) is 4.85. The fourth-order valence-corrected chi connectivity index (χ4v) is 4.16. The molecule has 214 valence electrons. The third-order valence-corrected chi connectivity index (χ3v) is 6.46. The van der Waals surface area contributed by atoms with Crippen molar-refractivity contribution in [2.24, 2.45) is 0 Å². The molecule has 0 fully saturated rings. The van der Waals surface area contributed by atoms with E-state index in [4.69, 9.17) is 16.3 Å². The van der Waals surface area contributed by atoms with Gasteiger partial charge in [-0.05, 0) is 44.0 Å². The number of benzene rings is 2. The maximum Gasteiger partial charge on any atom is 0.425 e. The Morgan fingerprint density at radius 3 is 2.33 bits per heavy atom. The van der Waals surface area contributed by atoms with Crippen LogP contribution in [0.4, 0.5) is 13.2 Å². The molecule has 3 aromatic rings. The molecule has 12 heteroatoms. The zero-order chi connectivity index (χ0) is 29.6. The van der Waals surface area contributed by atoms with Gasteiger partial charge in [-0.1, -0.05) is 35.9 Å². The number of Topliss-reactive ketones (excluding diaryl/α,β-unsaturated/α-hetero) is 1. The third kappa shape index (κ3) is 7.84. The molecule has 2 N–H and O–H groups in total. The molecule has 0 radical (unpaired) electrons. The van der Waals surface area contributed by atoms with Crippen molar-refractivity contribution in [3.05, 3.63) is 70.6 Å². The Morgan fingerprint density at radius 2 is 1.80 bits per heavy atom. The third-order valence-electron chi connectivity index (χ3n) is 6.17. The van der Waals surface area contributed by atoms with Gasteiger partial charge in [-0.25, -0.2) is 4.98 Å². The first-order valence-electron chi connectivity index (χ1n) is 12.5. The van der Waals surface area contributed by atoms with E-state index in [0.717, 1.165) is 18.1 Å². The number of carbonyl (C=O) groups excluding carboxylic acids is 3. The number of halogens is 4. The molecule has 0 aliphatic carbocycles. The number of alkyl halides is 3. The van der Waals surface area contributed by atoms with E-state index in [-0.39, 0.29) is 34.4 Å². The van der Waals surface area contributed by atoms with E-state index in [0.29, 0.717) is 24.5 Å². The smallest absolute Gasteiger partial charge is 0.425 e. The molecule has 2 amide bonds. The molecule has 0 spiro atoms. The van der Waals surface area contributed by atoms with E-state index in [9.17, 15) is 27.6 Å². The number of imidazole rings is 1. The van der Waals surface area contributed by atoms with Crippen LogP contribution < -0.4 is 15.4 Å². The minimum absolute atomic E-state index is 0.00903. The van der Waals surface area contributed by atoms with Crippen LogP contribution in [0, 0.1) is 0 Å². The zero-order valence-electron chi connectivity index (χ0n) is 22.4. The highest BCUT2D eigenvalue weighted by Gasteiger charge is 2.38. The molecule has 0 aliphatic rings. The quantitative estimate of drug-likeness (QED) is 0.303. The second-order valence-electron chi connectivity index (χ2n) is 9.19. The summed E-state index contributed by atoms with van der Waals surface area (Å²) in [5.41, 5.74) is 2.40. The van der Waals surface area contributed by atoms with Gasteiger partial charge in [0, 0.05) is 50.3 Å². The van der Waals surface area contributed by atoms with Gasteiger partial charge in [0.1, 0.15) is 5.75 Å². The Hall–Kier alpha value is -3.86. The summed E-state index contributed by atoms with van der Waals surface area (Å²) >= 11 is 6.08. The van der Waals surface area contributed by atoms with Crippen molar-refractivity contribution < 1.29 is 32.3 Å². The molecular formula is C28H30ClF3N4O4. The Labute approximate surface area is 234 Å². The van der Waals surface area contributed by atoms with E-state index >= 15 is 0 Å². The monoisotopic (exact) mass is 578 g/mol. The van der Waals surface area contributed by atoms with Crippen LogP contribution in [0.1, 0.15) is 53.7 Å². The fraction of sp³-hybridized carbons (Fsp3) is 0.357. The number of hydrogen-bond acceptors (Lipinski definition) is 5. The minimum Gasteiger partial charge on any atom is -0.480 e. The van der Waals surface area contributed by atoms with Crippen LogP contribution in [0.15, 0.2) is 48.7 Å². The number of aryl methyl sites for hydroxylation is 1. The average molecular weight is 579 g/mol. The second kappa shape index (κ2) is 13.0. The first-order valence-corrected chi connectivity index (χ1v) is 12.9. The number of carbonyl (C=O) groups is 3. The molecule has 0 bridgehead atoms. The van der Waals surface area contributed by atoms with Crippen molar-refractivity contribution >= 4 is 29.2 Å². The van der Waals surface area contributed by atoms with Crippen molar-refractivity contribution in [1.82, 2.24) is 20.2 Å².